The van der Waals surface area contributed by atoms with E-state index in [0.717, 1.165) is 24.9 Å². The molecular formula is C12H14N4. The summed E-state index contributed by atoms with van der Waals surface area (Å²) in [6, 6.07) is 2.31. The summed E-state index contributed by atoms with van der Waals surface area (Å²) < 4.78 is 2.15. The molecule has 0 radical (unpaired) electrons. The van der Waals surface area contributed by atoms with Gasteiger partial charge in [-0.15, -0.1) is 0 Å². The molecule has 0 amide bonds. The van der Waals surface area contributed by atoms with Crippen LogP contribution >= 0.6 is 0 Å². The Morgan fingerprint density at radius 2 is 2.12 bits per heavy atom. The Morgan fingerprint density at radius 1 is 1.31 bits per heavy atom. The molecule has 1 aliphatic rings. The zero-order chi connectivity index (χ0) is 11.0. The molecule has 0 saturated carbocycles. The largest absolute Gasteiger partial charge is 0.324 e. The van der Waals surface area contributed by atoms with E-state index in [9.17, 15) is 0 Å². The number of rotatable bonds is 1. The minimum absolute atomic E-state index is 0.189. The molecule has 0 fully saturated rings. The lowest BCUT2D eigenvalue weighted by Crippen LogP contribution is -2.17. The fraction of sp³-hybridized carbons (Fsp3) is 0.333. The summed E-state index contributed by atoms with van der Waals surface area (Å²) in [5, 5.41) is 0. The third-order valence-electron chi connectivity index (χ3n) is 3.18. The van der Waals surface area contributed by atoms with Crippen LogP contribution in [-0.4, -0.2) is 14.5 Å². The van der Waals surface area contributed by atoms with Crippen molar-refractivity contribution >= 4 is 0 Å². The number of aromatic nitrogens is 3. The molecule has 4 nitrogen and oxygen atoms in total. The fourth-order valence-electron chi connectivity index (χ4n) is 2.38. The topological polar surface area (TPSA) is 56.7 Å². The summed E-state index contributed by atoms with van der Waals surface area (Å²) in [6.45, 7) is 0. The van der Waals surface area contributed by atoms with Crippen LogP contribution in [0.5, 0.6) is 0 Å². The van der Waals surface area contributed by atoms with Crippen LogP contribution in [0.25, 0.3) is 5.69 Å². The smallest absolute Gasteiger partial charge is 0.115 e. The highest BCUT2D eigenvalue weighted by molar-refractivity contribution is 5.37. The predicted octanol–water partition coefficient (Wildman–Crippen LogP) is 1.60. The minimum Gasteiger partial charge on any atom is -0.324 e. The zero-order valence-corrected chi connectivity index (χ0v) is 9.00. The Hall–Kier alpha value is -1.68. The molecule has 2 N–H and O–H groups in total. The van der Waals surface area contributed by atoms with Gasteiger partial charge in [0.15, 0.2) is 0 Å². The molecule has 2 aromatic rings. The van der Waals surface area contributed by atoms with Gasteiger partial charge in [-0.3, -0.25) is 0 Å². The van der Waals surface area contributed by atoms with Crippen LogP contribution in [0, 0.1) is 0 Å². The van der Waals surface area contributed by atoms with Gasteiger partial charge in [-0.25, -0.2) is 9.97 Å². The van der Waals surface area contributed by atoms with Gasteiger partial charge < -0.3 is 10.3 Å². The van der Waals surface area contributed by atoms with E-state index >= 15 is 0 Å². The quantitative estimate of drug-likeness (QED) is 0.784. The molecule has 16 heavy (non-hydrogen) atoms. The molecule has 3 rings (SSSR count). The second kappa shape index (κ2) is 3.72. The van der Waals surface area contributed by atoms with E-state index in [-0.39, 0.29) is 6.04 Å². The standard InChI is InChI=1S/C12H14N4/c13-11-2-1-3-12-10(11)4-5-16(12)9-6-14-8-15-7-9/h4-8,11H,1-3,13H2. The van der Waals surface area contributed by atoms with Gasteiger partial charge in [0.25, 0.3) is 0 Å². The highest BCUT2D eigenvalue weighted by atomic mass is 15.0. The van der Waals surface area contributed by atoms with E-state index in [0.29, 0.717) is 0 Å². The summed E-state index contributed by atoms with van der Waals surface area (Å²) >= 11 is 0. The Kier molecular flexibility index (Phi) is 2.22. The van der Waals surface area contributed by atoms with Crippen molar-refractivity contribution in [3.8, 4) is 5.69 Å². The van der Waals surface area contributed by atoms with Crippen molar-refractivity contribution in [2.75, 3.05) is 0 Å². The van der Waals surface area contributed by atoms with Gasteiger partial charge in [0, 0.05) is 17.9 Å². The first-order valence-corrected chi connectivity index (χ1v) is 5.57. The third kappa shape index (κ3) is 1.42. The summed E-state index contributed by atoms with van der Waals surface area (Å²) in [6.07, 6.45) is 10.6. The summed E-state index contributed by atoms with van der Waals surface area (Å²) in [5.74, 6) is 0. The van der Waals surface area contributed by atoms with E-state index in [1.165, 1.54) is 11.3 Å². The fourth-order valence-corrected chi connectivity index (χ4v) is 2.38. The first kappa shape index (κ1) is 9.54. The summed E-state index contributed by atoms with van der Waals surface area (Å²) in [7, 11) is 0. The normalized spacial score (nSPS) is 19.4. The van der Waals surface area contributed by atoms with Crippen LogP contribution in [0.15, 0.2) is 31.0 Å². The molecule has 1 unspecified atom stereocenters. The molecule has 0 saturated heterocycles. The Morgan fingerprint density at radius 3 is 2.94 bits per heavy atom. The molecule has 0 bridgehead atoms. The summed E-state index contributed by atoms with van der Waals surface area (Å²) in [4.78, 5) is 8.09. The van der Waals surface area contributed by atoms with Gasteiger partial charge in [0.1, 0.15) is 6.33 Å². The van der Waals surface area contributed by atoms with E-state index < -0.39 is 0 Å². The zero-order valence-electron chi connectivity index (χ0n) is 9.00. The average Bonchev–Trinajstić information content (AvgIpc) is 2.75. The molecule has 4 heteroatoms. The van der Waals surface area contributed by atoms with Crippen molar-refractivity contribution in [3.63, 3.8) is 0 Å². The van der Waals surface area contributed by atoms with Crippen molar-refractivity contribution in [1.29, 1.82) is 0 Å². The Bertz CT molecular complexity index is 489. The monoisotopic (exact) mass is 214 g/mol. The van der Waals surface area contributed by atoms with Crippen LogP contribution in [0.3, 0.4) is 0 Å². The van der Waals surface area contributed by atoms with E-state index in [1.807, 2.05) is 12.4 Å². The maximum Gasteiger partial charge on any atom is 0.115 e. The van der Waals surface area contributed by atoms with Crippen LogP contribution in [-0.2, 0) is 6.42 Å². The maximum atomic E-state index is 6.09. The molecule has 2 heterocycles. The van der Waals surface area contributed by atoms with Gasteiger partial charge in [-0.05, 0) is 30.9 Å². The van der Waals surface area contributed by atoms with Crippen LogP contribution < -0.4 is 5.73 Å². The van der Waals surface area contributed by atoms with Crippen molar-refractivity contribution in [2.45, 2.75) is 25.3 Å². The lowest BCUT2D eigenvalue weighted by atomic mass is 9.93. The van der Waals surface area contributed by atoms with Crippen LogP contribution in [0.2, 0.25) is 0 Å². The molecule has 0 spiro atoms. The molecule has 2 aromatic heterocycles. The van der Waals surface area contributed by atoms with E-state index in [4.69, 9.17) is 5.73 Å². The predicted molar refractivity (Wildman–Crippen MR) is 61.2 cm³/mol. The van der Waals surface area contributed by atoms with Gasteiger partial charge in [-0.2, -0.15) is 0 Å². The highest BCUT2D eigenvalue weighted by Gasteiger charge is 2.20. The van der Waals surface area contributed by atoms with Gasteiger partial charge in [0.2, 0.25) is 0 Å². The van der Waals surface area contributed by atoms with Crippen molar-refractivity contribution in [2.24, 2.45) is 5.73 Å². The minimum atomic E-state index is 0.189. The molecule has 0 aliphatic heterocycles. The number of fused-ring (bicyclic) bond motifs is 1. The van der Waals surface area contributed by atoms with Crippen LogP contribution in [0.1, 0.15) is 30.1 Å². The average molecular weight is 214 g/mol. The first-order valence-electron chi connectivity index (χ1n) is 5.57. The Labute approximate surface area is 94.1 Å². The number of hydrogen-bond donors (Lipinski definition) is 1. The molecule has 1 atom stereocenters. The number of nitrogens with two attached hydrogens (primary N) is 1. The van der Waals surface area contributed by atoms with E-state index in [2.05, 4.69) is 26.8 Å². The lowest BCUT2D eigenvalue weighted by molar-refractivity contribution is 0.560. The Balaban J connectivity index is 2.10. The van der Waals surface area contributed by atoms with Crippen molar-refractivity contribution in [3.05, 3.63) is 42.2 Å². The molecule has 82 valence electrons. The lowest BCUT2D eigenvalue weighted by Gasteiger charge is -2.20. The molecule has 0 aromatic carbocycles. The van der Waals surface area contributed by atoms with Crippen LogP contribution in [0.4, 0.5) is 0 Å². The van der Waals surface area contributed by atoms with E-state index in [1.54, 1.807) is 6.33 Å². The first-order chi connectivity index (χ1) is 7.86. The highest BCUT2D eigenvalue weighted by Crippen LogP contribution is 2.30. The van der Waals surface area contributed by atoms with Gasteiger partial charge in [-0.1, -0.05) is 0 Å². The number of nitrogens with zero attached hydrogens (tertiary/aromatic N) is 3. The van der Waals surface area contributed by atoms with Gasteiger partial charge in [0.05, 0.1) is 18.1 Å². The maximum absolute atomic E-state index is 6.09. The SMILES string of the molecule is NC1CCCc2c1ccn2-c1cncnc1. The number of hydrogen-bond acceptors (Lipinski definition) is 3. The van der Waals surface area contributed by atoms with Crippen molar-refractivity contribution < 1.29 is 0 Å². The third-order valence-corrected chi connectivity index (χ3v) is 3.18. The second-order valence-electron chi connectivity index (χ2n) is 4.18. The molecular weight excluding hydrogens is 200 g/mol. The molecule has 1 aliphatic carbocycles. The van der Waals surface area contributed by atoms with Crippen molar-refractivity contribution in [1.82, 2.24) is 14.5 Å². The summed E-state index contributed by atoms with van der Waals surface area (Å²) in [5.41, 5.74) is 9.69. The second-order valence-corrected chi connectivity index (χ2v) is 4.18. The van der Waals surface area contributed by atoms with Gasteiger partial charge >= 0.3 is 0 Å².